The molecule has 0 spiro atoms. The van der Waals surface area contributed by atoms with E-state index in [1.54, 1.807) is 0 Å². The molecule has 0 bridgehead atoms. The molecule has 1 saturated carbocycles. The summed E-state index contributed by atoms with van der Waals surface area (Å²) in [6, 6.07) is 0.508. The van der Waals surface area contributed by atoms with E-state index in [0.717, 1.165) is 32.2 Å². The zero-order chi connectivity index (χ0) is 11.3. The van der Waals surface area contributed by atoms with Gasteiger partial charge in [-0.1, -0.05) is 6.42 Å². The molecule has 15 heavy (non-hydrogen) atoms. The highest BCUT2D eigenvalue weighted by Gasteiger charge is 2.29. The molecule has 0 saturated heterocycles. The average Bonchev–Trinajstić information content (AvgIpc) is 2.20. The second-order valence-electron chi connectivity index (χ2n) is 4.64. The zero-order valence-corrected chi connectivity index (χ0v) is 9.91. The highest BCUT2D eigenvalue weighted by Crippen LogP contribution is 2.21. The number of rotatable bonds is 5. The average molecular weight is 213 g/mol. The van der Waals surface area contributed by atoms with Crippen LogP contribution in [0, 0.1) is 0 Å². The van der Waals surface area contributed by atoms with Crippen LogP contribution in [0.25, 0.3) is 0 Å². The number of hydrogen-bond acceptors (Lipinski definition) is 3. The maximum absolute atomic E-state index is 11.8. The Hall–Kier alpha value is -0.410. The van der Waals surface area contributed by atoms with Crippen molar-refractivity contribution in [3.8, 4) is 0 Å². The smallest absolute Gasteiger partial charge is 0.149 e. The molecule has 1 rings (SSSR count). The van der Waals surface area contributed by atoms with Crippen LogP contribution in [0.5, 0.6) is 0 Å². The summed E-state index contributed by atoms with van der Waals surface area (Å²) in [6.45, 7) is 5.30. The Morgan fingerprint density at radius 1 is 1.47 bits per heavy atom. The van der Waals surface area contributed by atoms with Crippen molar-refractivity contribution in [2.75, 3.05) is 13.2 Å². The lowest BCUT2D eigenvalue weighted by atomic mass is 9.92. The van der Waals surface area contributed by atoms with Gasteiger partial charge < -0.3 is 5.11 Å². The molecule has 0 amide bonds. The largest absolute Gasteiger partial charge is 0.396 e. The molecule has 1 N–H and O–H groups in total. The third-order valence-corrected chi connectivity index (χ3v) is 3.16. The Balaban J connectivity index is 2.56. The summed E-state index contributed by atoms with van der Waals surface area (Å²) >= 11 is 0. The number of hydrogen-bond donors (Lipinski definition) is 1. The van der Waals surface area contributed by atoms with Crippen molar-refractivity contribution in [1.29, 1.82) is 0 Å². The van der Waals surface area contributed by atoms with Crippen molar-refractivity contribution < 1.29 is 9.90 Å². The lowest BCUT2D eigenvalue weighted by Crippen LogP contribution is -2.47. The van der Waals surface area contributed by atoms with Crippen LogP contribution in [0.15, 0.2) is 0 Å². The summed E-state index contributed by atoms with van der Waals surface area (Å²) < 4.78 is 0. The van der Waals surface area contributed by atoms with Crippen LogP contribution < -0.4 is 0 Å². The van der Waals surface area contributed by atoms with Gasteiger partial charge in [-0.05, 0) is 33.1 Å². The number of aliphatic hydroxyl groups excluding tert-OH is 1. The molecule has 0 heterocycles. The lowest BCUT2D eigenvalue weighted by molar-refractivity contribution is -0.127. The van der Waals surface area contributed by atoms with E-state index in [2.05, 4.69) is 18.7 Å². The van der Waals surface area contributed by atoms with Crippen LogP contribution in [-0.2, 0) is 4.79 Å². The van der Waals surface area contributed by atoms with Gasteiger partial charge in [-0.2, -0.15) is 0 Å². The molecule has 0 radical (unpaired) electrons. The minimum absolute atomic E-state index is 0.116. The molecule has 0 aromatic carbocycles. The third-order valence-electron chi connectivity index (χ3n) is 3.16. The number of carbonyl (C=O) groups is 1. The molecule has 88 valence electrons. The van der Waals surface area contributed by atoms with E-state index in [1.807, 2.05) is 0 Å². The second kappa shape index (κ2) is 6.23. The Morgan fingerprint density at radius 3 is 2.73 bits per heavy atom. The van der Waals surface area contributed by atoms with Crippen LogP contribution in [0.1, 0.15) is 46.0 Å². The van der Waals surface area contributed by atoms with Crippen molar-refractivity contribution in [3.05, 3.63) is 0 Å². The maximum atomic E-state index is 11.8. The van der Waals surface area contributed by atoms with Gasteiger partial charge in [0.25, 0.3) is 0 Å². The molecule has 3 nitrogen and oxygen atoms in total. The Morgan fingerprint density at radius 2 is 2.20 bits per heavy atom. The first-order chi connectivity index (χ1) is 7.16. The van der Waals surface area contributed by atoms with Gasteiger partial charge in [0.1, 0.15) is 5.78 Å². The normalized spacial score (nSPS) is 22.7. The number of ketones is 1. The molecule has 0 aromatic rings. The Labute approximate surface area is 92.5 Å². The minimum Gasteiger partial charge on any atom is -0.396 e. The van der Waals surface area contributed by atoms with Gasteiger partial charge in [-0.25, -0.2) is 0 Å². The topological polar surface area (TPSA) is 40.5 Å². The van der Waals surface area contributed by atoms with Crippen molar-refractivity contribution in [2.24, 2.45) is 0 Å². The van der Waals surface area contributed by atoms with Crippen molar-refractivity contribution >= 4 is 5.78 Å². The fourth-order valence-electron chi connectivity index (χ4n) is 2.34. The van der Waals surface area contributed by atoms with Crippen LogP contribution >= 0.6 is 0 Å². The molecule has 1 aliphatic carbocycles. The van der Waals surface area contributed by atoms with Gasteiger partial charge in [-0.3, -0.25) is 9.69 Å². The van der Waals surface area contributed by atoms with Crippen LogP contribution in [0.4, 0.5) is 0 Å². The number of carbonyl (C=O) groups excluding carboxylic acids is 1. The molecule has 3 heteroatoms. The number of nitrogens with zero attached hydrogens (tertiary/aromatic N) is 1. The summed E-state index contributed by atoms with van der Waals surface area (Å²) in [6.07, 6.45) is 4.73. The van der Waals surface area contributed by atoms with Gasteiger partial charge in [-0.15, -0.1) is 0 Å². The zero-order valence-electron chi connectivity index (χ0n) is 9.91. The second-order valence-corrected chi connectivity index (χ2v) is 4.64. The van der Waals surface area contributed by atoms with Crippen molar-refractivity contribution in [2.45, 2.75) is 58.0 Å². The van der Waals surface area contributed by atoms with Crippen LogP contribution in [0.2, 0.25) is 0 Å². The quantitative estimate of drug-likeness (QED) is 0.754. The van der Waals surface area contributed by atoms with E-state index < -0.39 is 0 Å². The summed E-state index contributed by atoms with van der Waals surface area (Å²) in [5, 5.41) is 8.85. The van der Waals surface area contributed by atoms with Gasteiger partial charge in [0.05, 0.1) is 6.04 Å². The lowest BCUT2D eigenvalue weighted by Gasteiger charge is -2.36. The first-order valence-electron chi connectivity index (χ1n) is 6.06. The molecular formula is C12H23NO2. The van der Waals surface area contributed by atoms with Crippen LogP contribution in [0.3, 0.4) is 0 Å². The first kappa shape index (κ1) is 12.7. The summed E-state index contributed by atoms with van der Waals surface area (Å²) in [5.41, 5.74) is 0. The van der Waals surface area contributed by atoms with Gasteiger partial charge in [0, 0.05) is 25.6 Å². The van der Waals surface area contributed by atoms with E-state index in [-0.39, 0.29) is 12.6 Å². The molecular weight excluding hydrogens is 190 g/mol. The maximum Gasteiger partial charge on any atom is 0.149 e. The third kappa shape index (κ3) is 3.58. The Bertz CT molecular complexity index is 204. The Kier molecular flexibility index (Phi) is 5.26. The number of aliphatic hydroxyl groups is 1. The summed E-state index contributed by atoms with van der Waals surface area (Å²) in [7, 11) is 0. The number of Topliss-reactive ketones (excluding diaryl/α,β-unsaturated/α-hetero) is 1. The van der Waals surface area contributed by atoms with E-state index in [9.17, 15) is 4.79 Å². The molecule has 1 atom stereocenters. The molecule has 1 fully saturated rings. The van der Waals surface area contributed by atoms with Gasteiger partial charge in [0.2, 0.25) is 0 Å². The fraction of sp³-hybridized carbons (Fsp3) is 0.917. The van der Waals surface area contributed by atoms with Crippen molar-refractivity contribution in [3.63, 3.8) is 0 Å². The van der Waals surface area contributed by atoms with E-state index in [0.29, 0.717) is 11.8 Å². The van der Waals surface area contributed by atoms with E-state index in [4.69, 9.17) is 5.11 Å². The van der Waals surface area contributed by atoms with E-state index >= 15 is 0 Å². The fourth-order valence-corrected chi connectivity index (χ4v) is 2.34. The first-order valence-corrected chi connectivity index (χ1v) is 6.06. The monoisotopic (exact) mass is 213 g/mol. The summed E-state index contributed by atoms with van der Waals surface area (Å²) in [4.78, 5) is 14.0. The van der Waals surface area contributed by atoms with Crippen molar-refractivity contribution in [1.82, 2.24) is 4.90 Å². The SMILES string of the molecule is CC(C)N(CCCO)C1CCCCC1=O. The minimum atomic E-state index is 0.116. The molecule has 1 unspecified atom stereocenters. The van der Waals surface area contributed by atoms with Gasteiger partial charge in [0.15, 0.2) is 0 Å². The highest BCUT2D eigenvalue weighted by molar-refractivity contribution is 5.84. The molecule has 0 aromatic heterocycles. The summed E-state index contributed by atoms with van der Waals surface area (Å²) in [5.74, 6) is 0.396. The molecule has 0 aliphatic heterocycles. The van der Waals surface area contributed by atoms with Gasteiger partial charge >= 0.3 is 0 Å². The standard InChI is InChI=1S/C12H23NO2/c1-10(2)13(8-5-9-14)11-6-3-4-7-12(11)15/h10-11,14H,3-9H2,1-2H3. The molecule has 1 aliphatic rings. The highest BCUT2D eigenvalue weighted by atomic mass is 16.3. The predicted molar refractivity (Wildman–Crippen MR) is 60.8 cm³/mol. The predicted octanol–water partition coefficient (Wildman–Crippen LogP) is 1.59. The van der Waals surface area contributed by atoms with E-state index in [1.165, 1.54) is 6.42 Å². The van der Waals surface area contributed by atoms with Crippen LogP contribution in [-0.4, -0.2) is 41.0 Å².